The molecule has 1 saturated carbocycles. The normalized spacial score (nSPS) is 21.4. The molecule has 0 heterocycles. The van der Waals surface area contributed by atoms with Crippen molar-refractivity contribution in [2.24, 2.45) is 0 Å². The van der Waals surface area contributed by atoms with E-state index in [1.165, 1.54) is 32.1 Å². The molecule has 0 aromatic heterocycles. The summed E-state index contributed by atoms with van der Waals surface area (Å²) in [5.74, 6) is 0. The van der Waals surface area contributed by atoms with Gasteiger partial charge < -0.3 is 4.74 Å². The second kappa shape index (κ2) is 6.68. The minimum Gasteiger partial charge on any atom is -0.428 e. The van der Waals surface area contributed by atoms with Gasteiger partial charge in [-0.1, -0.05) is 32.1 Å². The molecule has 0 aromatic rings. The van der Waals surface area contributed by atoms with E-state index in [4.69, 9.17) is 4.74 Å². The van der Waals surface area contributed by atoms with Gasteiger partial charge in [-0.05, 0) is 25.7 Å². The fraction of sp³-hybridized carbons (Fsp3) is 0.909. The molecular formula is C11H19O3. The average Bonchev–Trinajstić information content (AvgIpc) is 2.15. The van der Waals surface area contributed by atoms with Gasteiger partial charge >= 0.3 is 6.16 Å². The van der Waals surface area contributed by atoms with Crippen molar-refractivity contribution in [3.63, 3.8) is 0 Å². The first-order valence-electron chi connectivity index (χ1n) is 5.66. The van der Waals surface area contributed by atoms with Crippen LogP contribution in [0.1, 0.15) is 57.8 Å². The smallest absolute Gasteiger partial charge is 0.428 e. The van der Waals surface area contributed by atoms with Gasteiger partial charge in [0, 0.05) is 0 Å². The van der Waals surface area contributed by atoms with E-state index in [1.54, 1.807) is 0 Å². The van der Waals surface area contributed by atoms with Crippen LogP contribution in [0, 0.1) is 0 Å². The first kappa shape index (κ1) is 11.3. The molecule has 14 heavy (non-hydrogen) atoms. The maximum Gasteiger partial charge on any atom is 0.550 e. The Morgan fingerprint density at radius 1 is 0.857 bits per heavy atom. The molecule has 0 N–H and O–H groups in total. The van der Waals surface area contributed by atoms with Crippen molar-refractivity contribution in [1.29, 1.82) is 0 Å². The SMILES string of the molecule is [O]C(=O)OC1CCCCCCCCC1. The molecule has 1 rings (SSSR count). The molecule has 3 heteroatoms. The van der Waals surface area contributed by atoms with Gasteiger partial charge in [0.05, 0.1) is 0 Å². The lowest BCUT2D eigenvalue weighted by Crippen LogP contribution is -2.16. The van der Waals surface area contributed by atoms with Gasteiger partial charge in [-0.25, -0.2) is 0 Å². The molecular weight excluding hydrogens is 180 g/mol. The predicted molar refractivity (Wildman–Crippen MR) is 52.5 cm³/mol. The Bertz CT molecular complexity index is 158. The molecule has 81 valence electrons. The van der Waals surface area contributed by atoms with E-state index in [-0.39, 0.29) is 6.10 Å². The van der Waals surface area contributed by atoms with Crippen LogP contribution < -0.4 is 0 Å². The highest BCUT2D eigenvalue weighted by atomic mass is 16.7. The molecule has 0 spiro atoms. The fourth-order valence-electron chi connectivity index (χ4n) is 2.03. The van der Waals surface area contributed by atoms with E-state index in [0.29, 0.717) is 0 Å². The summed E-state index contributed by atoms with van der Waals surface area (Å²) in [4.78, 5) is 10.3. The highest BCUT2D eigenvalue weighted by Crippen LogP contribution is 2.18. The minimum absolute atomic E-state index is 0.113. The highest BCUT2D eigenvalue weighted by Gasteiger charge is 2.14. The van der Waals surface area contributed by atoms with Crippen molar-refractivity contribution in [2.45, 2.75) is 63.9 Å². The summed E-state index contributed by atoms with van der Waals surface area (Å²) in [5.41, 5.74) is 0. The number of ether oxygens (including phenoxy) is 1. The number of hydrogen-bond donors (Lipinski definition) is 0. The lowest BCUT2D eigenvalue weighted by atomic mass is 9.99. The maximum absolute atomic E-state index is 10.3. The Labute approximate surface area is 85.5 Å². The van der Waals surface area contributed by atoms with Crippen LogP contribution in [0.3, 0.4) is 0 Å². The van der Waals surface area contributed by atoms with Crippen LogP contribution in [0.25, 0.3) is 0 Å². The second-order valence-electron chi connectivity index (χ2n) is 4.04. The van der Waals surface area contributed by atoms with E-state index in [2.05, 4.69) is 0 Å². The van der Waals surface area contributed by atoms with E-state index < -0.39 is 6.16 Å². The molecule has 0 unspecified atom stereocenters. The Morgan fingerprint density at radius 3 is 1.71 bits per heavy atom. The molecule has 0 aliphatic heterocycles. The predicted octanol–water partition coefficient (Wildman–Crippen LogP) is 3.45. The van der Waals surface area contributed by atoms with Crippen molar-refractivity contribution in [3.8, 4) is 0 Å². The van der Waals surface area contributed by atoms with Gasteiger partial charge in [0.1, 0.15) is 6.10 Å². The van der Waals surface area contributed by atoms with Gasteiger partial charge in [0.15, 0.2) is 0 Å². The van der Waals surface area contributed by atoms with Gasteiger partial charge in [-0.2, -0.15) is 9.90 Å². The van der Waals surface area contributed by atoms with Crippen molar-refractivity contribution >= 4 is 6.16 Å². The number of carbonyl (C=O) groups excluding carboxylic acids is 1. The molecule has 0 bridgehead atoms. The number of hydrogen-bond acceptors (Lipinski definition) is 2. The number of carbonyl (C=O) groups is 1. The zero-order valence-electron chi connectivity index (χ0n) is 8.67. The Hall–Kier alpha value is -0.730. The van der Waals surface area contributed by atoms with Crippen molar-refractivity contribution in [2.75, 3.05) is 0 Å². The second-order valence-corrected chi connectivity index (χ2v) is 4.04. The van der Waals surface area contributed by atoms with Crippen LogP contribution in [0.5, 0.6) is 0 Å². The summed E-state index contributed by atoms with van der Waals surface area (Å²) in [6, 6.07) is 0. The molecule has 3 nitrogen and oxygen atoms in total. The van der Waals surface area contributed by atoms with E-state index >= 15 is 0 Å². The standard InChI is InChI=1S/C11H19O3/c12-11(13)14-10-8-6-4-2-1-3-5-7-9-10/h10H,1-9H2. The lowest BCUT2D eigenvalue weighted by Gasteiger charge is -2.16. The van der Waals surface area contributed by atoms with Gasteiger partial charge in [0.2, 0.25) is 0 Å². The third kappa shape index (κ3) is 5.10. The third-order valence-corrected chi connectivity index (χ3v) is 2.82. The summed E-state index contributed by atoms with van der Waals surface area (Å²) in [6.07, 6.45) is 8.70. The molecule has 0 atom stereocenters. The van der Waals surface area contributed by atoms with Crippen molar-refractivity contribution in [3.05, 3.63) is 0 Å². The molecule has 1 radical (unpaired) electrons. The molecule has 1 aliphatic rings. The summed E-state index contributed by atoms with van der Waals surface area (Å²) in [7, 11) is 0. The largest absolute Gasteiger partial charge is 0.550 e. The quantitative estimate of drug-likeness (QED) is 0.607. The Balaban J connectivity index is 2.26. The topological polar surface area (TPSA) is 46.2 Å². The summed E-state index contributed by atoms with van der Waals surface area (Å²) in [5, 5.41) is 10.3. The number of rotatable bonds is 1. The van der Waals surface area contributed by atoms with Gasteiger partial charge in [0.25, 0.3) is 0 Å². The minimum atomic E-state index is -1.37. The van der Waals surface area contributed by atoms with Crippen LogP contribution in [-0.4, -0.2) is 12.3 Å². The lowest BCUT2D eigenvalue weighted by molar-refractivity contribution is 0.0237. The summed E-state index contributed by atoms with van der Waals surface area (Å²) in [6.45, 7) is 0. The zero-order chi connectivity index (χ0) is 10.2. The average molecular weight is 199 g/mol. The first-order chi connectivity index (χ1) is 6.79. The van der Waals surface area contributed by atoms with Crippen LogP contribution in [-0.2, 0) is 9.84 Å². The van der Waals surface area contributed by atoms with E-state index in [1.807, 2.05) is 0 Å². The Kier molecular flexibility index (Phi) is 5.42. The zero-order valence-corrected chi connectivity index (χ0v) is 8.67. The third-order valence-electron chi connectivity index (χ3n) is 2.82. The van der Waals surface area contributed by atoms with E-state index in [0.717, 1.165) is 25.7 Å². The van der Waals surface area contributed by atoms with Crippen molar-refractivity contribution in [1.82, 2.24) is 0 Å². The van der Waals surface area contributed by atoms with E-state index in [9.17, 15) is 9.90 Å². The van der Waals surface area contributed by atoms with Crippen LogP contribution in [0.2, 0.25) is 0 Å². The van der Waals surface area contributed by atoms with Gasteiger partial charge in [-0.15, -0.1) is 0 Å². The summed E-state index contributed by atoms with van der Waals surface area (Å²) < 4.78 is 4.73. The molecule has 1 fully saturated rings. The highest BCUT2D eigenvalue weighted by molar-refractivity contribution is 5.56. The maximum atomic E-state index is 10.3. The molecule has 0 saturated heterocycles. The Morgan fingerprint density at radius 2 is 1.29 bits per heavy atom. The fourth-order valence-corrected chi connectivity index (χ4v) is 2.03. The monoisotopic (exact) mass is 199 g/mol. The van der Waals surface area contributed by atoms with Crippen LogP contribution in [0.15, 0.2) is 0 Å². The molecule has 0 aromatic carbocycles. The first-order valence-corrected chi connectivity index (χ1v) is 5.66. The van der Waals surface area contributed by atoms with Gasteiger partial charge in [-0.3, -0.25) is 0 Å². The molecule has 1 aliphatic carbocycles. The van der Waals surface area contributed by atoms with Crippen LogP contribution >= 0.6 is 0 Å². The molecule has 0 amide bonds. The van der Waals surface area contributed by atoms with Crippen LogP contribution in [0.4, 0.5) is 4.79 Å². The van der Waals surface area contributed by atoms with Crippen molar-refractivity contribution < 1.29 is 14.6 Å². The summed E-state index contributed by atoms with van der Waals surface area (Å²) >= 11 is 0.